The molecule has 3 amide bonds. The van der Waals surface area contributed by atoms with Crippen molar-refractivity contribution in [3.05, 3.63) is 39.8 Å². The Morgan fingerprint density at radius 3 is 2.23 bits per heavy atom. The molecule has 0 aliphatic heterocycles. The summed E-state index contributed by atoms with van der Waals surface area (Å²) in [5.41, 5.74) is 4.89. The minimum absolute atomic E-state index is 0.0445. The summed E-state index contributed by atoms with van der Waals surface area (Å²) >= 11 is 0. The van der Waals surface area contributed by atoms with Crippen LogP contribution in [-0.4, -0.2) is 32.7 Å². The van der Waals surface area contributed by atoms with Crippen LogP contribution in [0.5, 0.6) is 0 Å². The summed E-state index contributed by atoms with van der Waals surface area (Å²) < 4.78 is 31.4. The highest BCUT2D eigenvalue weighted by atomic mass is 32.2. The average molecular weight is 436 g/mol. The van der Waals surface area contributed by atoms with Crippen molar-refractivity contribution in [3.8, 4) is 0 Å². The second-order valence-corrected chi connectivity index (χ2v) is 10.2. The first kappa shape index (κ1) is 22.1. The molecule has 3 N–H and O–H groups in total. The van der Waals surface area contributed by atoms with Gasteiger partial charge in [0.25, 0.3) is 10.0 Å². The highest BCUT2D eigenvalue weighted by molar-refractivity contribution is 7.92. The number of urea groups is 1. The number of anilines is 1. The van der Waals surface area contributed by atoms with Crippen molar-refractivity contribution in [2.24, 2.45) is 0 Å². The van der Waals surface area contributed by atoms with E-state index in [0.717, 1.165) is 60.7 Å². The number of sulfonamides is 1. The van der Waals surface area contributed by atoms with E-state index in [1.807, 2.05) is 4.72 Å². The van der Waals surface area contributed by atoms with Crippen molar-refractivity contribution in [2.75, 3.05) is 11.9 Å². The van der Waals surface area contributed by atoms with Crippen molar-refractivity contribution in [1.29, 1.82) is 0 Å². The number of carbonyl (C=O) groups excluding carboxylic acids is 2. The average Bonchev–Trinajstić information content (AvgIpc) is 3.25. The molecule has 164 valence electrons. The number of nitrogens with one attached hydrogen (secondary N) is 3. The molecule has 0 bridgehead atoms. The number of carbonyl (C=O) groups is 2. The number of alkyl carbamates (subject to hydrolysis) is 1. The fourth-order valence-corrected chi connectivity index (χ4v) is 4.63. The second kappa shape index (κ2) is 8.67. The van der Waals surface area contributed by atoms with Gasteiger partial charge in [0.15, 0.2) is 0 Å². The Morgan fingerprint density at radius 1 is 1.07 bits per heavy atom. The molecule has 0 radical (unpaired) electrons. The number of aryl methyl sites for hydroxylation is 2. The Hall–Kier alpha value is -2.55. The Kier molecular flexibility index (Phi) is 6.40. The van der Waals surface area contributed by atoms with E-state index in [1.165, 1.54) is 17.2 Å². The maximum atomic E-state index is 12.4. The van der Waals surface area contributed by atoms with Crippen LogP contribution in [0.1, 0.15) is 55.9 Å². The van der Waals surface area contributed by atoms with Crippen LogP contribution in [0.15, 0.2) is 17.6 Å². The van der Waals surface area contributed by atoms with Crippen molar-refractivity contribution in [1.82, 2.24) is 10.0 Å². The van der Waals surface area contributed by atoms with Gasteiger partial charge in [0, 0.05) is 17.6 Å². The lowest BCUT2D eigenvalue weighted by atomic mass is 9.99. The van der Waals surface area contributed by atoms with Crippen LogP contribution >= 0.6 is 0 Å². The summed E-state index contributed by atoms with van der Waals surface area (Å²) in [6, 6.07) is 1.46. The van der Waals surface area contributed by atoms with Gasteiger partial charge in [-0.05, 0) is 81.5 Å². The Balaban J connectivity index is 1.58. The topological polar surface area (TPSA) is 114 Å². The van der Waals surface area contributed by atoms with Gasteiger partial charge in [0.05, 0.1) is 0 Å². The van der Waals surface area contributed by atoms with Crippen LogP contribution in [-0.2, 0) is 40.4 Å². The molecule has 0 aromatic heterocycles. The fraction of sp³-hybridized carbons (Fsp3) is 0.524. The van der Waals surface area contributed by atoms with Crippen LogP contribution in [0, 0.1) is 0 Å². The standard InChI is InChI=1S/C21H29N3O5S/c1-21(2,3)29-20(26)22-11-6-12-30(27,28)24-19(25)23-18-16-9-4-7-14(16)13-15-8-5-10-17(15)18/h6,12-13H,4-5,7-11H2,1-3H3,(H,22,26)(H2,23,24,25)/b12-6+. The monoisotopic (exact) mass is 435 g/mol. The van der Waals surface area contributed by atoms with Gasteiger partial charge < -0.3 is 15.4 Å². The zero-order chi connectivity index (χ0) is 21.9. The van der Waals surface area contributed by atoms with Gasteiger partial charge in [-0.25, -0.2) is 22.7 Å². The lowest BCUT2D eigenvalue weighted by molar-refractivity contribution is 0.0534. The predicted molar refractivity (Wildman–Crippen MR) is 115 cm³/mol. The molecule has 0 fully saturated rings. The Labute approximate surface area is 177 Å². The molecule has 0 heterocycles. The third-order valence-electron chi connectivity index (χ3n) is 4.99. The van der Waals surface area contributed by atoms with Gasteiger partial charge in [-0.1, -0.05) is 12.1 Å². The lowest BCUT2D eigenvalue weighted by Gasteiger charge is -2.19. The number of fused-ring (bicyclic) bond motifs is 2. The highest BCUT2D eigenvalue weighted by Crippen LogP contribution is 2.38. The molecule has 0 atom stereocenters. The largest absolute Gasteiger partial charge is 0.444 e. The van der Waals surface area contributed by atoms with Gasteiger partial charge in [-0.15, -0.1) is 0 Å². The lowest BCUT2D eigenvalue weighted by Crippen LogP contribution is -2.34. The molecule has 0 unspecified atom stereocenters. The number of hydrogen-bond acceptors (Lipinski definition) is 5. The van der Waals surface area contributed by atoms with Crippen LogP contribution in [0.2, 0.25) is 0 Å². The molecule has 3 rings (SSSR count). The fourth-order valence-electron chi connectivity index (χ4n) is 3.90. The summed E-state index contributed by atoms with van der Waals surface area (Å²) in [5, 5.41) is 6.05. The molecule has 1 aromatic rings. The maximum Gasteiger partial charge on any atom is 0.407 e. The summed E-state index contributed by atoms with van der Waals surface area (Å²) in [4.78, 5) is 24.0. The molecule has 0 saturated carbocycles. The van der Waals surface area contributed by atoms with Gasteiger partial charge in [0.2, 0.25) is 0 Å². The molecular weight excluding hydrogens is 406 g/mol. The van der Waals surface area contributed by atoms with E-state index in [-0.39, 0.29) is 6.54 Å². The van der Waals surface area contributed by atoms with Gasteiger partial charge in [0.1, 0.15) is 5.60 Å². The molecule has 8 nitrogen and oxygen atoms in total. The van der Waals surface area contributed by atoms with Gasteiger partial charge in [-0.3, -0.25) is 0 Å². The maximum absolute atomic E-state index is 12.4. The normalized spacial score (nSPS) is 15.6. The van der Waals surface area contributed by atoms with Crippen LogP contribution < -0.4 is 15.4 Å². The number of hydrogen-bond donors (Lipinski definition) is 3. The number of ether oxygens (including phenoxy) is 1. The smallest absolute Gasteiger partial charge is 0.407 e. The number of amides is 3. The first-order chi connectivity index (χ1) is 14.0. The summed E-state index contributed by atoms with van der Waals surface area (Å²) in [7, 11) is -4.00. The zero-order valence-corrected chi connectivity index (χ0v) is 18.4. The van der Waals surface area contributed by atoms with E-state index in [2.05, 4.69) is 16.7 Å². The quantitative estimate of drug-likeness (QED) is 0.657. The van der Waals surface area contributed by atoms with Crippen LogP contribution in [0.3, 0.4) is 0 Å². The summed E-state index contributed by atoms with van der Waals surface area (Å²) in [6.07, 6.45) is 6.43. The molecule has 9 heteroatoms. The first-order valence-corrected chi connectivity index (χ1v) is 11.7. The van der Waals surface area contributed by atoms with E-state index in [1.54, 1.807) is 20.8 Å². The van der Waals surface area contributed by atoms with Crippen molar-refractivity contribution < 1.29 is 22.7 Å². The Bertz CT molecular complexity index is 945. The molecule has 0 saturated heterocycles. The van der Waals surface area contributed by atoms with E-state index < -0.39 is 27.7 Å². The highest BCUT2D eigenvalue weighted by Gasteiger charge is 2.25. The molecule has 1 aromatic carbocycles. The molecule has 2 aliphatic rings. The molecule has 2 aliphatic carbocycles. The second-order valence-electron chi connectivity index (χ2n) is 8.59. The predicted octanol–water partition coefficient (Wildman–Crippen LogP) is 3.15. The van der Waals surface area contributed by atoms with E-state index in [9.17, 15) is 18.0 Å². The Morgan fingerprint density at radius 2 is 1.67 bits per heavy atom. The molecular formula is C21H29N3O5S. The van der Waals surface area contributed by atoms with Gasteiger partial charge >= 0.3 is 12.1 Å². The minimum atomic E-state index is -4.00. The number of rotatable bonds is 5. The van der Waals surface area contributed by atoms with Crippen LogP contribution in [0.4, 0.5) is 15.3 Å². The minimum Gasteiger partial charge on any atom is -0.444 e. The molecule has 30 heavy (non-hydrogen) atoms. The van der Waals surface area contributed by atoms with Crippen LogP contribution in [0.25, 0.3) is 0 Å². The third-order valence-corrected chi connectivity index (χ3v) is 6.01. The van der Waals surface area contributed by atoms with E-state index in [0.29, 0.717) is 0 Å². The van der Waals surface area contributed by atoms with Gasteiger partial charge in [-0.2, -0.15) is 0 Å². The van der Waals surface area contributed by atoms with E-state index in [4.69, 9.17) is 4.74 Å². The SMILES string of the molecule is CC(C)(C)OC(=O)NC/C=C/S(=O)(=O)NC(=O)Nc1c2c(cc3c1CCC3)CCC2. The van der Waals surface area contributed by atoms with Crippen molar-refractivity contribution in [3.63, 3.8) is 0 Å². The first-order valence-electron chi connectivity index (χ1n) is 10.2. The number of benzene rings is 1. The van der Waals surface area contributed by atoms with Crippen molar-refractivity contribution in [2.45, 2.75) is 64.9 Å². The summed E-state index contributed by atoms with van der Waals surface area (Å²) in [6.45, 7) is 5.14. The van der Waals surface area contributed by atoms with Crippen molar-refractivity contribution >= 4 is 27.8 Å². The van der Waals surface area contributed by atoms with E-state index >= 15 is 0 Å². The zero-order valence-electron chi connectivity index (χ0n) is 17.6. The summed E-state index contributed by atoms with van der Waals surface area (Å²) in [5.74, 6) is 0. The molecule has 0 spiro atoms. The third kappa shape index (κ3) is 5.75.